The zero-order chi connectivity index (χ0) is 14.8. The average Bonchev–Trinajstić information content (AvgIpc) is 2.87. The van der Waals surface area contributed by atoms with Crippen molar-refractivity contribution in [3.63, 3.8) is 0 Å². The number of likely N-dealkylation sites (N-methyl/N-ethyl adjacent to an activating group) is 1. The van der Waals surface area contributed by atoms with Gasteiger partial charge in [0.1, 0.15) is 17.0 Å². The van der Waals surface area contributed by atoms with Crippen LogP contribution in [0.1, 0.15) is 4.88 Å². The number of carbonyl (C=O) groups is 1. The van der Waals surface area contributed by atoms with Gasteiger partial charge in [0.15, 0.2) is 0 Å². The Balaban J connectivity index is 1.77. The fourth-order valence-corrected chi connectivity index (χ4v) is 3.40. The summed E-state index contributed by atoms with van der Waals surface area (Å²) in [5.41, 5.74) is 0. The Kier molecular flexibility index (Phi) is 4.03. The Morgan fingerprint density at radius 3 is 2.95 bits per heavy atom. The number of carbonyl (C=O) groups excluding carboxylic acids is 1. The van der Waals surface area contributed by atoms with Crippen LogP contribution in [0.3, 0.4) is 0 Å². The Morgan fingerprint density at radius 1 is 1.43 bits per heavy atom. The molecular weight excluding hydrogens is 286 g/mol. The summed E-state index contributed by atoms with van der Waals surface area (Å²) in [6.45, 7) is 5.71. The molecule has 3 rings (SSSR count). The van der Waals surface area contributed by atoms with E-state index < -0.39 is 0 Å². The first-order valence-electron chi connectivity index (χ1n) is 7.06. The summed E-state index contributed by atoms with van der Waals surface area (Å²) in [6.07, 6.45) is 1.57. The van der Waals surface area contributed by atoms with Crippen molar-refractivity contribution in [3.05, 3.63) is 17.3 Å². The lowest BCUT2D eigenvalue weighted by Gasteiger charge is -2.29. The van der Waals surface area contributed by atoms with Crippen LogP contribution in [0, 0.1) is 6.92 Å². The molecule has 6 nitrogen and oxygen atoms in total. The van der Waals surface area contributed by atoms with Crippen LogP contribution in [0.2, 0.25) is 0 Å². The zero-order valence-corrected chi connectivity index (χ0v) is 13.1. The van der Waals surface area contributed by atoms with Crippen molar-refractivity contribution in [1.29, 1.82) is 0 Å². The maximum absolute atomic E-state index is 12.3. The highest BCUT2D eigenvalue weighted by Crippen LogP contribution is 2.29. The smallest absolute Gasteiger partial charge is 0.242 e. The summed E-state index contributed by atoms with van der Waals surface area (Å²) in [6, 6.07) is 2.08. The van der Waals surface area contributed by atoms with Crippen molar-refractivity contribution in [3.8, 4) is 0 Å². The number of piperazine rings is 1. The molecule has 1 aliphatic heterocycles. The molecule has 0 bridgehead atoms. The van der Waals surface area contributed by atoms with E-state index in [2.05, 4.69) is 28.3 Å². The molecule has 1 saturated heterocycles. The number of aryl methyl sites for hydroxylation is 1. The largest absolute Gasteiger partial charge is 0.350 e. The van der Waals surface area contributed by atoms with Gasteiger partial charge in [0.2, 0.25) is 5.91 Å². The molecule has 2 aromatic heterocycles. The van der Waals surface area contributed by atoms with E-state index in [4.69, 9.17) is 0 Å². The number of nitrogens with one attached hydrogen (secondary N) is 1. The molecular formula is C14H19N5OS. The van der Waals surface area contributed by atoms with Crippen molar-refractivity contribution in [2.75, 3.05) is 44.7 Å². The van der Waals surface area contributed by atoms with Crippen LogP contribution >= 0.6 is 11.3 Å². The lowest BCUT2D eigenvalue weighted by Crippen LogP contribution is -2.49. The number of aromatic nitrogens is 2. The number of thiophene rings is 1. The Morgan fingerprint density at radius 2 is 2.19 bits per heavy atom. The first-order chi connectivity index (χ1) is 10.1. The molecule has 0 spiro atoms. The van der Waals surface area contributed by atoms with E-state index in [0.29, 0.717) is 6.54 Å². The van der Waals surface area contributed by atoms with Crippen LogP contribution in [0.15, 0.2) is 12.4 Å². The monoisotopic (exact) mass is 305 g/mol. The third kappa shape index (κ3) is 2.98. The van der Waals surface area contributed by atoms with Crippen LogP contribution in [0.25, 0.3) is 10.2 Å². The molecule has 0 radical (unpaired) electrons. The highest BCUT2D eigenvalue weighted by atomic mass is 32.1. The van der Waals surface area contributed by atoms with E-state index >= 15 is 0 Å². The van der Waals surface area contributed by atoms with Gasteiger partial charge in [-0.15, -0.1) is 11.3 Å². The molecule has 1 N–H and O–H groups in total. The minimum Gasteiger partial charge on any atom is -0.350 e. The molecule has 2 aromatic rings. The molecule has 1 amide bonds. The number of hydrogen-bond acceptors (Lipinski definition) is 6. The first-order valence-corrected chi connectivity index (χ1v) is 7.87. The number of hydrogen-bond donors (Lipinski definition) is 1. The van der Waals surface area contributed by atoms with E-state index in [1.165, 1.54) is 4.88 Å². The van der Waals surface area contributed by atoms with Crippen molar-refractivity contribution in [2.45, 2.75) is 6.92 Å². The molecule has 21 heavy (non-hydrogen) atoms. The second kappa shape index (κ2) is 5.95. The van der Waals surface area contributed by atoms with E-state index in [0.717, 1.165) is 42.2 Å². The van der Waals surface area contributed by atoms with Crippen molar-refractivity contribution in [2.24, 2.45) is 0 Å². The lowest BCUT2D eigenvalue weighted by molar-refractivity contribution is -0.130. The molecule has 0 aromatic carbocycles. The summed E-state index contributed by atoms with van der Waals surface area (Å²) in [5.74, 6) is 0.977. The van der Waals surface area contributed by atoms with Gasteiger partial charge in [0, 0.05) is 38.1 Å². The van der Waals surface area contributed by atoms with Gasteiger partial charge in [0.25, 0.3) is 0 Å². The minimum atomic E-state index is 0.151. The highest BCUT2D eigenvalue weighted by molar-refractivity contribution is 7.18. The van der Waals surface area contributed by atoms with Gasteiger partial charge in [0.05, 0.1) is 11.9 Å². The standard InChI is InChI=1S/C14H19N5OS/c1-10-7-11-13(16-9-17-14(11)21-10)18(2)8-12(20)19-5-3-15-4-6-19/h7,9,15H,3-6,8H2,1-2H3. The van der Waals surface area contributed by atoms with Crippen LogP contribution in [0.4, 0.5) is 5.82 Å². The highest BCUT2D eigenvalue weighted by Gasteiger charge is 2.19. The molecule has 7 heteroatoms. The average molecular weight is 305 g/mol. The van der Waals surface area contributed by atoms with Crippen molar-refractivity contribution >= 4 is 33.3 Å². The van der Waals surface area contributed by atoms with Crippen molar-refractivity contribution < 1.29 is 4.79 Å². The van der Waals surface area contributed by atoms with Crippen LogP contribution < -0.4 is 10.2 Å². The van der Waals surface area contributed by atoms with Gasteiger partial charge in [-0.05, 0) is 13.0 Å². The Bertz CT molecular complexity index is 650. The molecule has 0 saturated carbocycles. The van der Waals surface area contributed by atoms with Crippen LogP contribution in [-0.4, -0.2) is 60.5 Å². The van der Waals surface area contributed by atoms with E-state index in [-0.39, 0.29) is 5.91 Å². The normalized spacial score (nSPS) is 15.4. The van der Waals surface area contributed by atoms with Gasteiger partial charge < -0.3 is 15.1 Å². The van der Waals surface area contributed by atoms with E-state index in [9.17, 15) is 4.79 Å². The predicted molar refractivity (Wildman–Crippen MR) is 84.9 cm³/mol. The first kappa shape index (κ1) is 14.2. The number of amides is 1. The summed E-state index contributed by atoms with van der Waals surface area (Å²) >= 11 is 1.65. The fourth-order valence-electron chi connectivity index (χ4n) is 2.56. The fraction of sp³-hybridized carbons (Fsp3) is 0.500. The number of rotatable bonds is 3. The van der Waals surface area contributed by atoms with Gasteiger partial charge in [-0.3, -0.25) is 4.79 Å². The number of nitrogens with zero attached hydrogens (tertiary/aromatic N) is 4. The van der Waals surface area contributed by atoms with Gasteiger partial charge in [-0.25, -0.2) is 9.97 Å². The molecule has 0 atom stereocenters. The Labute approximate surface area is 127 Å². The minimum absolute atomic E-state index is 0.151. The second-order valence-electron chi connectivity index (χ2n) is 5.26. The quantitative estimate of drug-likeness (QED) is 0.911. The van der Waals surface area contributed by atoms with E-state index in [1.807, 2.05) is 16.8 Å². The molecule has 1 aliphatic rings. The van der Waals surface area contributed by atoms with Crippen LogP contribution in [0.5, 0.6) is 0 Å². The molecule has 0 unspecified atom stereocenters. The van der Waals surface area contributed by atoms with Gasteiger partial charge >= 0.3 is 0 Å². The third-order valence-corrected chi connectivity index (χ3v) is 4.59. The Hall–Kier alpha value is -1.73. The van der Waals surface area contributed by atoms with Gasteiger partial charge in [-0.2, -0.15) is 0 Å². The molecule has 1 fully saturated rings. The number of anilines is 1. The maximum atomic E-state index is 12.3. The summed E-state index contributed by atoms with van der Waals surface area (Å²) in [7, 11) is 1.91. The summed E-state index contributed by atoms with van der Waals surface area (Å²) in [4.78, 5) is 27.0. The lowest BCUT2D eigenvalue weighted by atomic mass is 10.3. The SMILES string of the molecule is Cc1cc2c(N(C)CC(=O)N3CCNCC3)ncnc2s1. The topological polar surface area (TPSA) is 61.4 Å². The molecule has 3 heterocycles. The summed E-state index contributed by atoms with van der Waals surface area (Å²) in [5, 5.41) is 4.28. The molecule has 112 valence electrons. The molecule has 0 aliphatic carbocycles. The zero-order valence-electron chi connectivity index (χ0n) is 12.3. The maximum Gasteiger partial charge on any atom is 0.242 e. The van der Waals surface area contributed by atoms with Crippen molar-refractivity contribution in [1.82, 2.24) is 20.2 Å². The predicted octanol–water partition coefficient (Wildman–Crippen LogP) is 0.868. The second-order valence-corrected chi connectivity index (χ2v) is 6.49. The van der Waals surface area contributed by atoms with Crippen LogP contribution in [-0.2, 0) is 4.79 Å². The summed E-state index contributed by atoms with van der Waals surface area (Å²) < 4.78 is 0. The third-order valence-electron chi connectivity index (χ3n) is 3.64. The number of fused-ring (bicyclic) bond motifs is 1. The van der Waals surface area contributed by atoms with Gasteiger partial charge in [-0.1, -0.05) is 0 Å². The van der Waals surface area contributed by atoms with E-state index in [1.54, 1.807) is 17.7 Å².